The van der Waals surface area contributed by atoms with Crippen LogP contribution in [-0.2, 0) is 16.0 Å². The van der Waals surface area contributed by atoms with Crippen molar-refractivity contribution in [3.05, 3.63) is 35.9 Å². The van der Waals surface area contributed by atoms with Crippen molar-refractivity contribution in [2.45, 2.75) is 79.8 Å². The Kier molecular flexibility index (Phi) is 20.7. The quantitative estimate of drug-likeness (QED) is 0.408. The second kappa shape index (κ2) is 20.5. The van der Waals surface area contributed by atoms with Crippen molar-refractivity contribution in [3.8, 4) is 6.07 Å². The zero-order valence-corrected chi connectivity index (χ0v) is 18.3. The largest absolute Gasteiger partial charge is 0.368 e. The van der Waals surface area contributed by atoms with Crippen LogP contribution in [0.3, 0.4) is 0 Å². The molecule has 1 atom stereocenters. The van der Waals surface area contributed by atoms with Crippen molar-refractivity contribution in [2.75, 3.05) is 13.2 Å². The molecule has 4 nitrogen and oxygen atoms in total. The lowest BCUT2D eigenvalue weighted by Gasteiger charge is -2.18. The Morgan fingerprint density at radius 1 is 1.07 bits per heavy atom. The zero-order valence-electron chi connectivity index (χ0n) is 18.3. The van der Waals surface area contributed by atoms with Gasteiger partial charge in [-0.2, -0.15) is 5.26 Å². The molecular weight excluding hydrogens is 336 g/mol. The minimum atomic E-state index is -0.447. The molecule has 0 spiro atoms. The van der Waals surface area contributed by atoms with Crippen molar-refractivity contribution in [3.63, 3.8) is 0 Å². The Balaban J connectivity index is 0. The fourth-order valence-electron chi connectivity index (χ4n) is 2.40. The minimum Gasteiger partial charge on any atom is -0.368 e. The predicted molar refractivity (Wildman–Crippen MR) is 115 cm³/mol. The molecule has 4 heteroatoms. The number of unbranched alkanes of at least 4 members (excludes halogenated alkanes) is 2. The summed E-state index contributed by atoms with van der Waals surface area (Å²) >= 11 is 0. The van der Waals surface area contributed by atoms with E-state index in [1.54, 1.807) is 0 Å². The first-order chi connectivity index (χ1) is 13.1. The number of rotatable bonds is 11. The predicted octanol–water partition coefficient (Wildman–Crippen LogP) is 5.52. The number of benzene rings is 1. The van der Waals surface area contributed by atoms with Crippen LogP contribution in [0.1, 0.15) is 72.8 Å². The molecule has 1 amide bonds. The number of hydrogen-bond donors (Lipinski definition) is 1. The molecule has 0 fully saturated rings. The van der Waals surface area contributed by atoms with Crippen LogP contribution >= 0.6 is 0 Å². The van der Waals surface area contributed by atoms with E-state index in [2.05, 4.69) is 43.4 Å². The summed E-state index contributed by atoms with van der Waals surface area (Å²) in [5.41, 5.74) is 1.36. The highest BCUT2D eigenvalue weighted by molar-refractivity contribution is 5.80. The molecule has 154 valence electrons. The fourth-order valence-corrected chi connectivity index (χ4v) is 2.40. The normalized spacial score (nSPS) is 10.6. The Labute approximate surface area is 167 Å². The summed E-state index contributed by atoms with van der Waals surface area (Å²) in [6, 6.07) is 12.4. The summed E-state index contributed by atoms with van der Waals surface area (Å²) in [6.07, 6.45) is 4.48. The summed E-state index contributed by atoms with van der Waals surface area (Å²) in [5, 5.41) is 11.1. The lowest BCUT2D eigenvalue weighted by atomic mass is 10.1. The molecule has 0 radical (unpaired) electrons. The van der Waals surface area contributed by atoms with Crippen molar-refractivity contribution < 1.29 is 9.53 Å². The molecule has 0 heterocycles. The number of nitriles is 1. The number of nitrogens with zero attached hydrogens (tertiary/aromatic N) is 1. The van der Waals surface area contributed by atoms with Crippen LogP contribution in [0.2, 0.25) is 0 Å². The number of carbonyl (C=O) groups is 1. The molecule has 0 aliphatic rings. The van der Waals surface area contributed by atoms with Gasteiger partial charge in [-0.25, -0.2) is 0 Å². The molecule has 1 aromatic carbocycles. The first kappa shape index (κ1) is 27.4. The van der Waals surface area contributed by atoms with E-state index in [4.69, 9.17) is 10.00 Å². The lowest BCUT2D eigenvalue weighted by Crippen LogP contribution is -2.37. The third-order valence-electron chi connectivity index (χ3n) is 3.59. The van der Waals surface area contributed by atoms with Gasteiger partial charge in [0.25, 0.3) is 0 Å². The van der Waals surface area contributed by atoms with E-state index in [1.165, 1.54) is 5.56 Å². The average Bonchev–Trinajstić information content (AvgIpc) is 2.71. The molecule has 0 aliphatic heterocycles. The lowest BCUT2D eigenvalue weighted by molar-refractivity contribution is -0.133. The molecule has 0 aliphatic carbocycles. The van der Waals surface area contributed by atoms with Gasteiger partial charge in [0.15, 0.2) is 0 Å². The second-order valence-electron chi connectivity index (χ2n) is 6.16. The van der Waals surface area contributed by atoms with E-state index >= 15 is 0 Å². The molecule has 0 bridgehead atoms. The highest BCUT2D eigenvalue weighted by Gasteiger charge is 2.19. The first-order valence-electron chi connectivity index (χ1n) is 10.4. The van der Waals surface area contributed by atoms with Crippen LogP contribution in [-0.4, -0.2) is 25.2 Å². The van der Waals surface area contributed by atoms with Crippen LogP contribution in [0.4, 0.5) is 0 Å². The number of hydrogen-bond acceptors (Lipinski definition) is 3. The van der Waals surface area contributed by atoms with E-state index in [9.17, 15) is 4.79 Å². The van der Waals surface area contributed by atoms with Gasteiger partial charge in [-0.3, -0.25) is 4.79 Å². The van der Waals surface area contributed by atoms with Gasteiger partial charge in [0.2, 0.25) is 5.91 Å². The number of amides is 1. The maximum absolute atomic E-state index is 12.0. The third kappa shape index (κ3) is 16.1. The molecule has 1 N–H and O–H groups in total. The van der Waals surface area contributed by atoms with Crippen LogP contribution in [0, 0.1) is 17.2 Å². The highest BCUT2D eigenvalue weighted by Crippen LogP contribution is 2.11. The molecule has 1 rings (SSSR count). The average molecular weight is 377 g/mol. The smallest absolute Gasteiger partial charge is 0.249 e. The van der Waals surface area contributed by atoms with Gasteiger partial charge >= 0.3 is 0 Å². The van der Waals surface area contributed by atoms with E-state index < -0.39 is 6.10 Å². The number of carbonyl (C=O) groups excluding carboxylic acids is 1. The van der Waals surface area contributed by atoms with Crippen LogP contribution in [0.15, 0.2) is 30.3 Å². The summed E-state index contributed by atoms with van der Waals surface area (Å²) < 4.78 is 5.74. The van der Waals surface area contributed by atoms with Gasteiger partial charge in [0.1, 0.15) is 12.6 Å². The van der Waals surface area contributed by atoms with Gasteiger partial charge in [-0.1, -0.05) is 78.3 Å². The van der Waals surface area contributed by atoms with Crippen LogP contribution in [0.5, 0.6) is 0 Å². The SMILES string of the molecule is CC.CC.CC(C)CC(OCCCCCc1ccccc1)C(=O)NCC#N. The van der Waals surface area contributed by atoms with E-state index in [-0.39, 0.29) is 12.5 Å². The highest BCUT2D eigenvalue weighted by atomic mass is 16.5. The second-order valence-corrected chi connectivity index (χ2v) is 6.16. The molecule has 1 unspecified atom stereocenters. The summed E-state index contributed by atoms with van der Waals surface area (Å²) in [5.74, 6) is 0.204. The Morgan fingerprint density at radius 3 is 2.26 bits per heavy atom. The standard InChI is InChI=1S/C19H28N2O2.2C2H6/c1-16(2)15-18(19(22)21-13-12-20)23-14-8-4-7-11-17-9-5-3-6-10-17;2*1-2/h3,5-6,9-10,16,18H,4,7-8,11,13-15H2,1-2H3,(H,21,22);2*1-2H3. The van der Waals surface area contributed by atoms with Gasteiger partial charge in [0, 0.05) is 6.61 Å². The molecule has 0 saturated heterocycles. The van der Waals surface area contributed by atoms with Crippen molar-refractivity contribution in [1.29, 1.82) is 5.26 Å². The molecule has 1 aromatic rings. The van der Waals surface area contributed by atoms with E-state index in [0.717, 1.165) is 25.7 Å². The van der Waals surface area contributed by atoms with Gasteiger partial charge in [0.05, 0.1) is 6.07 Å². The number of ether oxygens (including phenoxy) is 1. The van der Waals surface area contributed by atoms with E-state index in [0.29, 0.717) is 18.9 Å². The Morgan fingerprint density at radius 2 is 1.70 bits per heavy atom. The molecule has 0 saturated carbocycles. The monoisotopic (exact) mass is 376 g/mol. The van der Waals surface area contributed by atoms with Crippen LogP contribution < -0.4 is 5.32 Å². The van der Waals surface area contributed by atoms with Gasteiger partial charge < -0.3 is 10.1 Å². The van der Waals surface area contributed by atoms with Gasteiger partial charge in [-0.05, 0) is 37.2 Å². The first-order valence-corrected chi connectivity index (χ1v) is 10.4. The summed E-state index contributed by atoms with van der Waals surface area (Å²) in [6.45, 7) is 12.8. The maximum Gasteiger partial charge on any atom is 0.249 e. The summed E-state index contributed by atoms with van der Waals surface area (Å²) in [4.78, 5) is 12.0. The zero-order chi connectivity index (χ0) is 20.9. The minimum absolute atomic E-state index is 0.0356. The Bertz CT molecular complexity index is 481. The van der Waals surface area contributed by atoms with Crippen molar-refractivity contribution in [2.24, 2.45) is 5.92 Å². The number of aryl methyl sites for hydroxylation is 1. The molecule has 0 aromatic heterocycles. The maximum atomic E-state index is 12.0. The fraction of sp³-hybridized carbons (Fsp3) is 0.652. The van der Waals surface area contributed by atoms with E-state index in [1.807, 2.05) is 39.8 Å². The summed E-state index contributed by atoms with van der Waals surface area (Å²) in [7, 11) is 0. The molecular formula is C23H40N2O2. The number of nitrogens with one attached hydrogen (secondary N) is 1. The third-order valence-corrected chi connectivity index (χ3v) is 3.59. The topological polar surface area (TPSA) is 62.1 Å². The van der Waals surface area contributed by atoms with Crippen LogP contribution in [0.25, 0.3) is 0 Å². The van der Waals surface area contributed by atoms with Gasteiger partial charge in [-0.15, -0.1) is 0 Å². The van der Waals surface area contributed by atoms with Crippen molar-refractivity contribution >= 4 is 5.91 Å². The van der Waals surface area contributed by atoms with Crippen molar-refractivity contribution in [1.82, 2.24) is 5.32 Å². The molecule has 27 heavy (non-hydrogen) atoms. The Hall–Kier alpha value is -1.86.